The molecule has 0 aromatic rings. The quantitative estimate of drug-likeness (QED) is 0.601. The van der Waals surface area contributed by atoms with Crippen LogP contribution in [0.4, 0.5) is 0 Å². The van der Waals surface area contributed by atoms with Crippen LogP contribution in [0.15, 0.2) is 11.1 Å². The Morgan fingerprint density at radius 1 is 1.24 bits per heavy atom. The van der Waals surface area contributed by atoms with Crippen molar-refractivity contribution in [3.8, 4) is 0 Å². The van der Waals surface area contributed by atoms with Gasteiger partial charge in [-0.15, -0.1) is 0 Å². The fourth-order valence-corrected chi connectivity index (χ4v) is 4.66. The lowest BCUT2D eigenvalue weighted by Crippen LogP contribution is -2.41. The van der Waals surface area contributed by atoms with E-state index in [-0.39, 0.29) is 12.1 Å². The van der Waals surface area contributed by atoms with Crippen molar-refractivity contribution < 1.29 is 9.53 Å². The lowest BCUT2D eigenvalue weighted by atomic mass is 9.59. The van der Waals surface area contributed by atoms with Gasteiger partial charge in [0.25, 0.3) is 0 Å². The zero-order valence-corrected chi connectivity index (χ0v) is 11.0. The fourth-order valence-electron chi connectivity index (χ4n) is 4.66. The summed E-state index contributed by atoms with van der Waals surface area (Å²) >= 11 is 0. The largest absolute Gasteiger partial charge is 0.454 e. The molecule has 3 rings (SSSR count). The van der Waals surface area contributed by atoms with Crippen molar-refractivity contribution >= 4 is 5.97 Å². The van der Waals surface area contributed by atoms with Gasteiger partial charge in [-0.25, -0.2) is 4.79 Å². The van der Waals surface area contributed by atoms with E-state index in [0.29, 0.717) is 5.92 Å². The van der Waals surface area contributed by atoms with Gasteiger partial charge in [-0.05, 0) is 49.0 Å². The molecule has 94 valence electrons. The van der Waals surface area contributed by atoms with Crippen molar-refractivity contribution in [2.75, 3.05) is 0 Å². The predicted molar refractivity (Wildman–Crippen MR) is 66.4 cm³/mol. The molecule has 0 N–H and O–H groups in total. The molecule has 0 aromatic carbocycles. The molecule has 0 aromatic heterocycles. The number of fused-ring (bicyclic) bond motifs is 2. The standard InChI is InChI=1S/C15H22O2/c1-8-5-4-6-11-7-12-14(9(2)13(8)11)10(3)15(16)17-12/h8-9,11-13H,4-7H2,1-3H3/t8-,9-,11?,12-,13?/m0/s1. The average molecular weight is 234 g/mol. The zero-order chi connectivity index (χ0) is 12.2. The van der Waals surface area contributed by atoms with E-state index in [1.54, 1.807) is 0 Å². The van der Waals surface area contributed by atoms with Crippen LogP contribution in [0.2, 0.25) is 0 Å². The van der Waals surface area contributed by atoms with Crippen molar-refractivity contribution in [1.82, 2.24) is 0 Å². The van der Waals surface area contributed by atoms with Gasteiger partial charge in [0.1, 0.15) is 6.10 Å². The van der Waals surface area contributed by atoms with E-state index in [9.17, 15) is 4.79 Å². The number of carbonyl (C=O) groups is 1. The maximum absolute atomic E-state index is 11.7. The Hall–Kier alpha value is -0.790. The highest BCUT2D eigenvalue weighted by molar-refractivity contribution is 5.91. The Labute approximate surface area is 103 Å². The summed E-state index contributed by atoms with van der Waals surface area (Å²) in [6.07, 6.45) is 5.24. The van der Waals surface area contributed by atoms with E-state index < -0.39 is 0 Å². The summed E-state index contributed by atoms with van der Waals surface area (Å²) in [5.74, 6) is 2.84. The number of ether oxygens (including phenoxy) is 1. The van der Waals surface area contributed by atoms with E-state index in [0.717, 1.165) is 29.7 Å². The first-order valence-electron chi connectivity index (χ1n) is 7.01. The normalized spacial score (nSPS) is 45.4. The maximum Gasteiger partial charge on any atom is 0.334 e. The number of rotatable bonds is 0. The van der Waals surface area contributed by atoms with Crippen molar-refractivity contribution in [3.63, 3.8) is 0 Å². The summed E-state index contributed by atoms with van der Waals surface area (Å²) in [7, 11) is 0. The molecule has 1 aliphatic heterocycles. The molecule has 2 fully saturated rings. The van der Waals surface area contributed by atoms with Gasteiger partial charge in [0.15, 0.2) is 0 Å². The van der Waals surface area contributed by atoms with E-state index in [2.05, 4.69) is 13.8 Å². The van der Waals surface area contributed by atoms with E-state index >= 15 is 0 Å². The van der Waals surface area contributed by atoms with Gasteiger partial charge < -0.3 is 4.74 Å². The number of carbonyl (C=O) groups excluding carboxylic acids is 1. The first-order valence-corrected chi connectivity index (χ1v) is 7.01. The Morgan fingerprint density at radius 2 is 2.00 bits per heavy atom. The van der Waals surface area contributed by atoms with Gasteiger partial charge in [0.05, 0.1) is 0 Å². The molecule has 2 saturated carbocycles. The Morgan fingerprint density at radius 3 is 2.76 bits per heavy atom. The number of hydrogen-bond acceptors (Lipinski definition) is 2. The molecule has 1 heterocycles. The fraction of sp³-hybridized carbons (Fsp3) is 0.800. The highest BCUT2D eigenvalue weighted by atomic mass is 16.5. The average Bonchev–Trinajstić information content (AvgIpc) is 2.55. The highest BCUT2D eigenvalue weighted by Gasteiger charge is 2.47. The lowest BCUT2D eigenvalue weighted by molar-refractivity contribution is -0.141. The second-order valence-corrected chi connectivity index (χ2v) is 6.24. The van der Waals surface area contributed by atoms with Crippen LogP contribution in [0.25, 0.3) is 0 Å². The molecule has 3 aliphatic rings. The second-order valence-electron chi connectivity index (χ2n) is 6.24. The molecule has 0 amide bonds. The summed E-state index contributed by atoms with van der Waals surface area (Å²) in [6.45, 7) is 6.65. The van der Waals surface area contributed by atoms with Crippen LogP contribution < -0.4 is 0 Å². The minimum absolute atomic E-state index is 0.0665. The molecular formula is C15H22O2. The highest BCUT2D eigenvalue weighted by Crippen LogP contribution is 2.51. The second kappa shape index (κ2) is 3.86. The number of hydrogen-bond donors (Lipinski definition) is 0. The van der Waals surface area contributed by atoms with Gasteiger partial charge >= 0.3 is 5.97 Å². The molecule has 2 aliphatic carbocycles. The maximum atomic E-state index is 11.7. The van der Waals surface area contributed by atoms with Gasteiger partial charge in [-0.3, -0.25) is 0 Å². The molecular weight excluding hydrogens is 212 g/mol. The van der Waals surface area contributed by atoms with Crippen molar-refractivity contribution in [3.05, 3.63) is 11.1 Å². The summed E-state index contributed by atoms with van der Waals surface area (Å²) in [4.78, 5) is 11.7. The van der Waals surface area contributed by atoms with Gasteiger partial charge in [0.2, 0.25) is 0 Å². The summed E-state index contributed by atoms with van der Waals surface area (Å²) < 4.78 is 5.52. The van der Waals surface area contributed by atoms with Crippen molar-refractivity contribution in [2.45, 2.75) is 52.6 Å². The predicted octanol–water partition coefficient (Wildman–Crippen LogP) is 3.32. The van der Waals surface area contributed by atoms with Crippen LogP contribution >= 0.6 is 0 Å². The van der Waals surface area contributed by atoms with Gasteiger partial charge in [-0.2, -0.15) is 0 Å². The number of esters is 1. The molecule has 0 saturated heterocycles. The summed E-state index contributed by atoms with van der Waals surface area (Å²) in [5, 5.41) is 0. The third kappa shape index (κ3) is 1.56. The summed E-state index contributed by atoms with van der Waals surface area (Å²) in [5.41, 5.74) is 2.23. The molecule has 17 heavy (non-hydrogen) atoms. The van der Waals surface area contributed by atoms with Crippen LogP contribution in [0.1, 0.15) is 46.5 Å². The van der Waals surface area contributed by atoms with Crippen molar-refractivity contribution in [1.29, 1.82) is 0 Å². The molecule has 2 nitrogen and oxygen atoms in total. The van der Waals surface area contributed by atoms with E-state index in [1.165, 1.54) is 24.8 Å². The van der Waals surface area contributed by atoms with Crippen molar-refractivity contribution in [2.24, 2.45) is 23.7 Å². The SMILES string of the molecule is CC1=C2[C@H](CC3CCC[C@H](C)C3[C@@H]2C)OC1=O. The summed E-state index contributed by atoms with van der Waals surface area (Å²) in [6, 6.07) is 0. The van der Waals surface area contributed by atoms with Gasteiger partial charge in [-0.1, -0.05) is 26.7 Å². The minimum Gasteiger partial charge on any atom is -0.454 e. The molecule has 5 atom stereocenters. The molecule has 2 unspecified atom stereocenters. The van der Waals surface area contributed by atoms with Crippen LogP contribution in [0.5, 0.6) is 0 Å². The zero-order valence-electron chi connectivity index (χ0n) is 11.0. The van der Waals surface area contributed by atoms with Gasteiger partial charge in [0, 0.05) is 5.57 Å². The molecule has 2 heteroatoms. The topological polar surface area (TPSA) is 26.3 Å². The van der Waals surface area contributed by atoms with Crippen LogP contribution in [-0.2, 0) is 9.53 Å². The van der Waals surface area contributed by atoms with Crippen LogP contribution in [0.3, 0.4) is 0 Å². The molecule has 0 radical (unpaired) electrons. The van der Waals surface area contributed by atoms with E-state index in [4.69, 9.17) is 4.74 Å². The monoisotopic (exact) mass is 234 g/mol. The Bertz CT molecular complexity index is 382. The lowest BCUT2D eigenvalue weighted by Gasteiger charge is -2.46. The Kier molecular flexibility index (Phi) is 2.57. The smallest absolute Gasteiger partial charge is 0.334 e. The molecule has 0 bridgehead atoms. The van der Waals surface area contributed by atoms with E-state index in [1.807, 2.05) is 6.92 Å². The minimum atomic E-state index is -0.0665. The van der Waals surface area contributed by atoms with Crippen LogP contribution in [-0.4, -0.2) is 12.1 Å². The molecule has 0 spiro atoms. The third-order valence-electron chi connectivity index (χ3n) is 5.36. The van der Waals surface area contributed by atoms with Crippen LogP contribution in [0, 0.1) is 23.7 Å². The first-order chi connectivity index (χ1) is 8.09. The Balaban J connectivity index is 1.96. The first kappa shape index (κ1) is 11.3. The third-order valence-corrected chi connectivity index (χ3v) is 5.36.